The van der Waals surface area contributed by atoms with Gasteiger partial charge in [0, 0.05) is 5.69 Å². The highest BCUT2D eigenvalue weighted by atomic mass is 35.5. The van der Waals surface area contributed by atoms with Crippen molar-refractivity contribution in [2.24, 2.45) is 0 Å². The third-order valence-corrected chi connectivity index (χ3v) is 3.50. The van der Waals surface area contributed by atoms with Gasteiger partial charge in [-0.1, -0.05) is 23.7 Å². The molecule has 0 aliphatic carbocycles. The number of benzene rings is 2. The van der Waals surface area contributed by atoms with E-state index >= 15 is 0 Å². The molecule has 4 nitrogen and oxygen atoms in total. The lowest BCUT2D eigenvalue weighted by molar-refractivity contribution is 0.0600. The highest BCUT2D eigenvalue weighted by Gasteiger charge is 2.12. The van der Waals surface area contributed by atoms with Gasteiger partial charge < -0.3 is 10.1 Å². The summed E-state index contributed by atoms with van der Waals surface area (Å²) in [6.07, 6.45) is 0. The summed E-state index contributed by atoms with van der Waals surface area (Å²) in [5.74, 6) is -0.718. The van der Waals surface area contributed by atoms with E-state index in [9.17, 15) is 9.59 Å². The van der Waals surface area contributed by atoms with Crippen LogP contribution in [0.1, 0.15) is 26.3 Å². The number of carbonyl (C=O) groups is 2. The first-order chi connectivity index (χ1) is 10.0. The lowest BCUT2D eigenvalue weighted by Gasteiger charge is -2.08. The molecular weight excluding hydrogens is 290 g/mol. The van der Waals surface area contributed by atoms with Crippen molar-refractivity contribution in [2.45, 2.75) is 6.92 Å². The maximum atomic E-state index is 12.2. The van der Waals surface area contributed by atoms with E-state index in [-0.39, 0.29) is 5.91 Å². The number of hydrogen-bond donors (Lipinski definition) is 1. The zero-order valence-electron chi connectivity index (χ0n) is 11.6. The molecule has 0 heterocycles. The Morgan fingerprint density at radius 1 is 1.10 bits per heavy atom. The van der Waals surface area contributed by atoms with Crippen LogP contribution in [-0.2, 0) is 4.74 Å². The van der Waals surface area contributed by atoms with Gasteiger partial charge in [0.1, 0.15) is 0 Å². The molecule has 0 aliphatic heterocycles. The minimum absolute atomic E-state index is 0.297. The quantitative estimate of drug-likeness (QED) is 0.880. The van der Waals surface area contributed by atoms with E-state index in [0.717, 1.165) is 5.56 Å². The summed E-state index contributed by atoms with van der Waals surface area (Å²) in [5.41, 5.74) is 2.24. The van der Waals surface area contributed by atoms with Crippen LogP contribution in [0.15, 0.2) is 42.5 Å². The predicted molar refractivity (Wildman–Crippen MR) is 81.9 cm³/mol. The number of halogens is 1. The Morgan fingerprint density at radius 3 is 2.38 bits per heavy atom. The second-order valence-electron chi connectivity index (χ2n) is 4.46. The maximum Gasteiger partial charge on any atom is 0.337 e. The summed E-state index contributed by atoms with van der Waals surface area (Å²) in [4.78, 5) is 23.5. The van der Waals surface area contributed by atoms with E-state index in [4.69, 9.17) is 11.6 Å². The van der Waals surface area contributed by atoms with E-state index < -0.39 is 5.97 Å². The van der Waals surface area contributed by atoms with E-state index in [1.165, 1.54) is 7.11 Å². The number of carbonyl (C=O) groups excluding carboxylic acids is 2. The van der Waals surface area contributed by atoms with Gasteiger partial charge in [-0.25, -0.2) is 4.79 Å². The number of amides is 1. The number of nitrogens with one attached hydrogen (secondary N) is 1. The Bertz CT molecular complexity index is 680. The smallest absolute Gasteiger partial charge is 0.337 e. The molecule has 108 valence electrons. The summed E-state index contributed by atoms with van der Waals surface area (Å²) < 4.78 is 4.61. The van der Waals surface area contributed by atoms with Gasteiger partial charge >= 0.3 is 5.97 Å². The number of methoxy groups -OCH3 is 1. The van der Waals surface area contributed by atoms with Crippen molar-refractivity contribution in [3.8, 4) is 0 Å². The Balaban J connectivity index is 2.16. The predicted octanol–water partition coefficient (Wildman–Crippen LogP) is 3.69. The van der Waals surface area contributed by atoms with Crippen LogP contribution in [0.5, 0.6) is 0 Å². The first-order valence-electron chi connectivity index (χ1n) is 6.27. The van der Waals surface area contributed by atoms with Crippen molar-refractivity contribution in [1.29, 1.82) is 0 Å². The van der Waals surface area contributed by atoms with Gasteiger partial charge in [-0.2, -0.15) is 0 Å². The van der Waals surface area contributed by atoms with Crippen LogP contribution in [0.25, 0.3) is 0 Å². The molecule has 0 fully saturated rings. The SMILES string of the molecule is COC(=O)c1ccc(NC(=O)c2cccc(C)c2Cl)cc1. The average molecular weight is 304 g/mol. The zero-order chi connectivity index (χ0) is 15.4. The first kappa shape index (κ1) is 15.1. The Morgan fingerprint density at radius 2 is 1.76 bits per heavy atom. The summed E-state index contributed by atoms with van der Waals surface area (Å²) in [6.45, 7) is 1.84. The maximum absolute atomic E-state index is 12.2. The minimum Gasteiger partial charge on any atom is -0.465 e. The molecule has 0 saturated heterocycles. The molecule has 0 radical (unpaired) electrons. The van der Waals surface area contributed by atoms with Gasteiger partial charge in [-0.05, 0) is 42.8 Å². The fraction of sp³-hybridized carbons (Fsp3) is 0.125. The van der Waals surface area contributed by atoms with Crippen molar-refractivity contribution < 1.29 is 14.3 Å². The van der Waals surface area contributed by atoms with E-state index in [2.05, 4.69) is 10.1 Å². The molecule has 21 heavy (non-hydrogen) atoms. The van der Waals surface area contributed by atoms with Crippen LogP contribution in [0.2, 0.25) is 5.02 Å². The van der Waals surface area contributed by atoms with Gasteiger partial charge in [0.15, 0.2) is 0 Å². The van der Waals surface area contributed by atoms with Crippen LogP contribution >= 0.6 is 11.6 Å². The summed E-state index contributed by atoms with van der Waals surface area (Å²) in [7, 11) is 1.32. The van der Waals surface area contributed by atoms with E-state index in [1.807, 2.05) is 13.0 Å². The van der Waals surface area contributed by atoms with Crippen molar-refractivity contribution in [3.05, 3.63) is 64.2 Å². The number of esters is 1. The molecule has 0 saturated carbocycles. The summed E-state index contributed by atoms with van der Waals surface area (Å²) in [5, 5.41) is 3.17. The van der Waals surface area contributed by atoms with Gasteiger partial charge in [-0.3, -0.25) is 4.79 Å². The van der Waals surface area contributed by atoms with Crippen molar-refractivity contribution >= 4 is 29.2 Å². The fourth-order valence-electron chi connectivity index (χ4n) is 1.83. The summed E-state index contributed by atoms with van der Waals surface area (Å²) in [6, 6.07) is 11.7. The molecular formula is C16H14ClNO3. The third kappa shape index (κ3) is 3.41. The standard InChI is InChI=1S/C16H14ClNO3/c1-10-4-3-5-13(14(10)17)15(19)18-12-8-6-11(7-9-12)16(20)21-2/h3-9H,1-2H3,(H,18,19). The molecule has 0 bridgehead atoms. The molecule has 0 unspecified atom stereocenters. The van der Waals surface area contributed by atoms with Gasteiger partial charge in [0.25, 0.3) is 5.91 Å². The minimum atomic E-state index is -0.422. The molecule has 1 N–H and O–H groups in total. The van der Waals surface area contributed by atoms with Gasteiger partial charge in [0.05, 0.1) is 23.3 Å². The average Bonchev–Trinajstić information content (AvgIpc) is 2.50. The zero-order valence-corrected chi connectivity index (χ0v) is 12.4. The van der Waals surface area contributed by atoms with Crippen molar-refractivity contribution in [2.75, 3.05) is 12.4 Å². The number of aryl methyl sites for hydroxylation is 1. The monoisotopic (exact) mass is 303 g/mol. The fourth-order valence-corrected chi connectivity index (χ4v) is 2.04. The molecule has 0 aromatic heterocycles. The molecule has 2 rings (SSSR count). The summed E-state index contributed by atoms with van der Waals surface area (Å²) >= 11 is 6.12. The first-order valence-corrected chi connectivity index (χ1v) is 6.65. The topological polar surface area (TPSA) is 55.4 Å². The molecule has 2 aromatic rings. The Kier molecular flexibility index (Phi) is 4.60. The van der Waals surface area contributed by atoms with Crippen LogP contribution < -0.4 is 5.32 Å². The van der Waals surface area contributed by atoms with Gasteiger partial charge in [0.2, 0.25) is 0 Å². The van der Waals surface area contributed by atoms with Crippen molar-refractivity contribution in [1.82, 2.24) is 0 Å². The van der Waals surface area contributed by atoms with Crippen molar-refractivity contribution in [3.63, 3.8) is 0 Å². The van der Waals surface area contributed by atoms with Crippen LogP contribution in [0.4, 0.5) is 5.69 Å². The Labute approximate surface area is 127 Å². The molecule has 2 aromatic carbocycles. The lowest BCUT2D eigenvalue weighted by atomic mass is 10.1. The molecule has 0 aliphatic rings. The highest BCUT2D eigenvalue weighted by molar-refractivity contribution is 6.35. The number of hydrogen-bond acceptors (Lipinski definition) is 3. The largest absolute Gasteiger partial charge is 0.465 e. The van der Waals surface area contributed by atoms with E-state index in [1.54, 1.807) is 36.4 Å². The number of rotatable bonds is 3. The van der Waals surface area contributed by atoms with Gasteiger partial charge in [-0.15, -0.1) is 0 Å². The molecule has 0 atom stereocenters. The second-order valence-corrected chi connectivity index (χ2v) is 4.84. The lowest BCUT2D eigenvalue weighted by Crippen LogP contribution is -2.13. The van der Waals surface area contributed by atoms with Crippen LogP contribution in [0.3, 0.4) is 0 Å². The molecule has 5 heteroatoms. The van der Waals surface area contributed by atoms with E-state index in [0.29, 0.717) is 21.8 Å². The second kappa shape index (κ2) is 6.41. The normalized spacial score (nSPS) is 10.0. The molecule has 0 spiro atoms. The number of ether oxygens (including phenoxy) is 1. The van der Waals surface area contributed by atoms with Crippen LogP contribution in [-0.4, -0.2) is 19.0 Å². The van der Waals surface area contributed by atoms with Crippen LogP contribution in [0, 0.1) is 6.92 Å². The Hall–Kier alpha value is -2.33. The third-order valence-electron chi connectivity index (χ3n) is 3.00. The number of anilines is 1. The molecule has 1 amide bonds. The highest BCUT2D eigenvalue weighted by Crippen LogP contribution is 2.21.